The molecule has 1 saturated heterocycles. The molecular weight excluding hydrogens is 328 g/mol. The third-order valence-corrected chi connectivity index (χ3v) is 4.59. The molecule has 5 heteroatoms. The maximum absolute atomic E-state index is 12.3. The molecule has 0 aromatic heterocycles. The Morgan fingerprint density at radius 1 is 1.15 bits per heavy atom. The molecule has 0 saturated carbocycles. The monoisotopic (exact) mass is 354 g/mol. The van der Waals surface area contributed by atoms with Gasteiger partial charge in [-0.3, -0.25) is 0 Å². The summed E-state index contributed by atoms with van der Waals surface area (Å²) < 4.78 is 11.3. The Balaban J connectivity index is 1.46. The number of benzene rings is 2. The van der Waals surface area contributed by atoms with Gasteiger partial charge in [-0.05, 0) is 18.1 Å². The fourth-order valence-electron chi connectivity index (χ4n) is 2.96. The number of nitrogens with zero attached hydrogens (tertiary/aromatic N) is 1. The van der Waals surface area contributed by atoms with Crippen molar-refractivity contribution < 1.29 is 14.3 Å². The second-order valence-electron chi connectivity index (χ2n) is 6.55. The molecule has 3 rings (SSSR count). The van der Waals surface area contributed by atoms with E-state index in [1.54, 1.807) is 4.90 Å². The molecule has 0 bridgehead atoms. The van der Waals surface area contributed by atoms with Gasteiger partial charge in [0.15, 0.2) is 0 Å². The van der Waals surface area contributed by atoms with Gasteiger partial charge in [0.25, 0.3) is 0 Å². The molecule has 2 aromatic carbocycles. The van der Waals surface area contributed by atoms with Crippen LogP contribution < -0.4 is 5.32 Å². The summed E-state index contributed by atoms with van der Waals surface area (Å²) in [6.07, 6.45) is -0.325. The lowest BCUT2D eigenvalue weighted by atomic mass is 10.1. The van der Waals surface area contributed by atoms with Crippen molar-refractivity contribution in [2.45, 2.75) is 32.2 Å². The van der Waals surface area contributed by atoms with Gasteiger partial charge in [0, 0.05) is 19.1 Å². The minimum absolute atomic E-state index is 0.0447. The number of rotatable bonds is 6. The lowest BCUT2D eigenvalue weighted by molar-refractivity contribution is -0.0419. The van der Waals surface area contributed by atoms with Gasteiger partial charge in [-0.1, -0.05) is 60.7 Å². The molecule has 2 atom stereocenters. The summed E-state index contributed by atoms with van der Waals surface area (Å²) in [7, 11) is 0. The number of ether oxygens (including phenoxy) is 2. The molecule has 2 unspecified atom stereocenters. The Morgan fingerprint density at radius 2 is 1.81 bits per heavy atom. The van der Waals surface area contributed by atoms with Crippen molar-refractivity contribution in [2.75, 3.05) is 19.7 Å². The van der Waals surface area contributed by atoms with Crippen LogP contribution in [-0.4, -0.2) is 42.8 Å². The van der Waals surface area contributed by atoms with Crippen molar-refractivity contribution in [3.8, 4) is 0 Å². The van der Waals surface area contributed by atoms with Gasteiger partial charge in [0.2, 0.25) is 0 Å². The number of carbonyl (C=O) groups is 1. The molecule has 1 fully saturated rings. The van der Waals surface area contributed by atoms with Crippen LogP contribution in [0, 0.1) is 0 Å². The largest absolute Gasteiger partial charge is 0.445 e. The van der Waals surface area contributed by atoms with Gasteiger partial charge in [0.1, 0.15) is 6.61 Å². The smallest absolute Gasteiger partial charge is 0.410 e. The minimum atomic E-state index is -0.280. The van der Waals surface area contributed by atoms with Crippen LogP contribution in [0.4, 0.5) is 4.79 Å². The minimum Gasteiger partial charge on any atom is -0.445 e. The van der Waals surface area contributed by atoms with Gasteiger partial charge >= 0.3 is 6.09 Å². The van der Waals surface area contributed by atoms with E-state index in [-0.39, 0.29) is 18.2 Å². The number of hydrogen-bond acceptors (Lipinski definition) is 4. The average Bonchev–Trinajstić information content (AvgIpc) is 2.72. The van der Waals surface area contributed by atoms with Gasteiger partial charge in [-0.2, -0.15) is 0 Å². The molecular formula is C21H26N2O3. The molecule has 1 aliphatic heterocycles. The molecule has 138 valence electrons. The standard InChI is InChI=1S/C21H26N2O3/c1-17(22-14-18-8-4-2-5-9-18)20-15-23(12-13-25-20)21(24)26-16-19-10-6-3-7-11-19/h2-11,17,20,22H,12-16H2,1H3. The van der Waals surface area contributed by atoms with Gasteiger partial charge in [0.05, 0.1) is 19.3 Å². The lowest BCUT2D eigenvalue weighted by Crippen LogP contribution is -2.52. The fraction of sp³-hybridized carbons (Fsp3) is 0.381. The zero-order chi connectivity index (χ0) is 18.2. The average molecular weight is 354 g/mol. The predicted octanol–water partition coefficient (Wildman–Crippen LogP) is 3.20. The first-order valence-corrected chi connectivity index (χ1v) is 9.07. The van der Waals surface area contributed by atoms with E-state index in [1.807, 2.05) is 48.5 Å². The summed E-state index contributed by atoms with van der Waals surface area (Å²) in [5, 5.41) is 3.48. The Morgan fingerprint density at radius 3 is 2.50 bits per heavy atom. The predicted molar refractivity (Wildman–Crippen MR) is 101 cm³/mol. The molecule has 1 aliphatic rings. The maximum atomic E-state index is 12.3. The number of hydrogen-bond donors (Lipinski definition) is 1. The molecule has 2 aromatic rings. The highest BCUT2D eigenvalue weighted by Gasteiger charge is 2.28. The molecule has 26 heavy (non-hydrogen) atoms. The van der Waals surface area contributed by atoms with Crippen LogP contribution in [0.25, 0.3) is 0 Å². The van der Waals surface area contributed by atoms with E-state index in [4.69, 9.17) is 9.47 Å². The number of morpholine rings is 1. The lowest BCUT2D eigenvalue weighted by Gasteiger charge is -2.35. The van der Waals surface area contributed by atoms with Crippen LogP contribution in [0.5, 0.6) is 0 Å². The fourth-order valence-corrected chi connectivity index (χ4v) is 2.96. The van der Waals surface area contributed by atoms with E-state index in [0.717, 1.165) is 12.1 Å². The molecule has 1 amide bonds. The second kappa shape index (κ2) is 9.36. The Kier molecular flexibility index (Phi) is 6.63. The number of carbonyl (C=O) groups excluding carboxylic acids is 1. The Labute approximate surface area is 154 Å². The van der Waals surface area contributed by atoms with E-state index in [1.165, 1.54) is 5.56 Å². The molecule has 0 radical (unpaired) electrons. The SMILES string of the molecule is CC(NCc1ccccc1)C1CN(C(=O)OCc2ccccc2)CCO1. The summed E-state index contributed by atoms with van der Waals surface area (Å²) in [6, 6.07) is 20.1. The zero-order valence-electron chi connectivity index (χ0n) is 15.1. The second-order valence-corrected chi connectivity index (χ2v) is 6.55. The molecule has 5 nitrogen and oxygen atoms in total. The first-order valence-electron chi connectivity index (χ1n) is 9.07. The summed E-state index contributed by atoms with van der Waals surface area (Å²) in [4.78, 5) is 14.1. The van der Waals surface area contributed by atoms with Crippen LogP contribution in [0.3, 0.4) is 0 Å². The highest BCUT2D eigenvalue weighted by molar-refractivity contribution is 5.67. The van der Waals surface area contributed by atoms with Gasteiger partial charge in [-0.25, -0.2) is 4.79 Å². The van der Waals surface area contributed by atoms with Crippen molar-refractivity contribution in [1.82, 2.24) is 10.2 Å². The van der Waals surface area contributed by atoms with E-state index >= 15 is 0 Å². The Hall–Kier alpha value is -2.37. The van der Waals surface area contributed by atoms with Crippen LogP contribution >= 0.6 is 0 Å². The molecule has 1 heterocycles. The van der Waals surface area contributed by atoms with Gasteiger partial charge < -0.3 is 19.7 Å². The number of amides is 1. The first kappa shape index (κ1) is 18.4. The third kappa shape index (κ3) is 5.31. The highest BCUT2D eigenvalue weighted by Crippen LogP contribution is 2.12. The van der Waals surface area contributed by atoms with Crippen molar-refractivity contribution in [2.24, 2.45) is 0 Å². The molecule has 0 aliphatic carbocycles. The molecule has 0 spiro atoms. The van der Waals surface area contributed by atoms with Crippen LogP contribution in [0.2, 0.25) is 0 Å². The van der Waals surface area contributed by atoms with Crippen molar-refractivity contribution in [1.29, 1.82) is 0 Å². The van der Waals surface area contributed by atoms with Crippen LogP contribution in [0.15, 0.2) is 60.7 Å². The first-order chi connectivity index (χ1) is 12.7. The quantitative estimate of drug-likeness (QED) is 0.865. The van der Waals surface area contributed by atoms with E-state index in [9.17, 15) is 4.79 Å². The number of nitrogens with one attached hydrogen (secondary N) is 1. The summed E-state index contributed by atoms with van der Waals surface area (Å²) in [5.74, 6) is 0. The van der Waals surface area contributed by atoms with Crippen LogP contribution in [-0.2, 0) is 22.6 Å². The van der Waals surface area contributed by atoms with E-state index in [2.05, 4.69) is 24.4 Å². The third-order valence-electron chi connectivity index (χ3n) is 4.59. The van der Waals surface area contributed by atoms with E-state index in [0.29, 0.717) is 26.3 Å². The summed E-state index contributed by atoms with van der Waals surface area (Å²) in [5.41, 5.74) is 2.22. The summed E-state index contributed by atoms with van der Waals surface area (Å²) >= 11 is 0. The van der Waals surface area contributed by atoms with Gasteiger partial charge in [-0.15, -0.1) is 0 Å². The molecule has 1 N–H and O–H groups in total. The Bertz CT molecular complexity index is 678. The topological polar surface area (TPSA) is 50.8 Å². The van der Waals surface area contributed by atoms with Crippen molar-refractivity contribution in [3.05, 3.63) is 71.8 Å². The normalized spacial score (nSPS) is 18.3. The van der Waals surface area contributed by atoms with E-state index < -0.39 is 0 Å². The maximum Gasteiger partial charge on any atom is 0.410 e. The summed E-state index contributed by atoms with van der Waals surface area (Å²) in [6.45, 7) is 4.80. The van der Waals surface area contributed by atoms with Crippen molar-refractivity contribution in [3.63, 3.8) is 0 Å². The zero-order valence-corrected chi connectivity index (χ0v) is 15.1. The van der Waals surface area contributed by atoms with Crippen LogP contribution in [0.1, 0.15) is 18.1 Å². The van der Waals surface area contributed by atoms with Crippen molar-refractivity contribution >= 4 is 6.09 Å². The highest BCUT2D eigenvalue weighted by atomic mass is 16.6.